The van der Waals surface area contributed by atoms with Crippen LogP contribution in [0, 0.1) is 0 Å². The van der Waals surface area contributed by atoms with Gasteiger partial charge in [-0.15, -0.1) is 0 Å². The summed E-state index contributed by atoms with van der Waals surface area (Å²) in [5.41, 5.74) is 2.13. The molecule has 5 nitrogen and oxygen atoms in total. The maximum atomic E-state index is 12.6. The van der Waals surface area contributed by atoms with E-state index in [-0.39, 0.29) is 5.91 Å². The highest BCUT2D eigenvalue weighted by molar-refractivity contribution is 6.31. The molecule has 0 unspecified atom stereocenters. The molecular formula is C18H15ClN2O3. The Bertz CT molecular complexity index is 949. The van der Waals surface area contributed by atoms with Crippen LogP contribution in [0.5, 0.6) is 11.5 Å². The van der Waals surface area contributed by atoms with E-state index in [1.165, 1.54) is 0 Å². The lowest BCUT2D eigenvalue weighted by Crippen LogP contribution is -2.17. The van der Waals surface area contributed by atoms with Crippen LogP contribution in [-0.4, -0.2) is 23.7 Å². The first kappa shape index (κ1) is 14.9. The minimum absolute atomic E-state index is 0.193. The van der Waals surface area contributed by atoms with Gasteiger partial charge < -0.3 is 19.4 Å². The number of nitrogens with one attached hydrogen (secondary N) is 1. The van der Waals surface area contributed by atoms with Crippen LogP contribution in [0.2, 0.25) is 5.02 Å². The number of anilines is 1. The number of amides is 1. The quantitative estimate of drug-likeness (QED) is 0.769. The summed E-state index contributed by atoms with van der Waals surface area (Å²) < 4.78 is 12.9. The molecule has 122 valence electrons. The highest BCUT2D eigenvalue weighted by Gasteiger charge is 2.16. The predicted molar refractivity (Wildman–Crippen MR) is 93.3 cm³/mol. The Morgan fingerprint density at radius 1 is 1.08 bits per heavy atom. The third-order valence-electron chi connectivity index (χ3n) is 4.04. The standard InChI is InChI=1S/C18H15ClN2O3/c1-21-14-9-12(19)3-2-11(14)8-15(21)18(22)20-13-4-5-16-17(10-13)24-7-6-23-16/h2-5,8-10H,6-7H2,1H3,(H,20,22). The zero-order valence-corrected chi connectivity index (χ0v) is 13.8. The minimum atomic E-state index is -0.193. The summed E-state index contributed by atoms with van der Waals surface area (Å²) in [5.74, 6) is 1.14. The van der Waals surface area contributed by atoms with Crippen LogP contribution in [0.1, 0.15) is 10.5 Å². The van der Waals surface area contributed by atoms with E-state index in [1.807, 2.05) is 35.9 Å². The SMILES string of the molecule is Cn1c(C(=O)Nc2ccc3c(c2)OCCO3)cc2ccc(Cl)cc21. The number of hydrogen-bond acceptors (Lipinski definition) is 3. The lowest BCUT2D eigenvalue weighted by Gasteiger charge is -2.19. The van der Waals surface area contributed by atoms with Gasteiger partial charge in [0.25, 0.3) is 5.91 Å². The molecule has 2 heterocycles. The third kappa shape index (κ3) is 2.57. The van der Waals surface area contributed by atoms with Gasteiger partial charge in [0.2, 0.25) is 0 Å². The number of ether oxygens (including phenoxy) is 2. The lowest BCUT2D eigenvalue weighted by molar-refractivity contribution is 0.101. The fourth-order valence-corrected chi connectivity index (χ4v) is 3.00. The number of carbonyl (C=O) groups is 1. The van der Waals surface area contributed by atoms with Crippen molar-refractivity contribution < 1.29 is 14.3 Å². The van der Waals surface area contributed by atoms with E-state index in [1.54, 1.807) is 18.2 Å². The first-order chi connectivity index (χ1) is 11.6. The number of fused-ring (bicyclic) bond motifs is 2. The number of aryl methyl sites for hydroxylation is 1. The van der Waals surface area contributed by atoms with Crippen molar-refractivity contribution in [3.63, 3.8) is 0 Å². The molecule has 1 aromatic heterocycles. The van der Waals surface area contributed by atoms with Gasteiger partial charge >= 0.3 is 0 Å². The average Bonchev–Trinajstić information content (AvgIpc) is 2.91. The summed E-state index contributed by atoms with van der Waals surface area (Å²) in [6, 6.07) is 12.8. The molecule has 2 aromatic carbocycles. The van der Waals surface area contributed by atoms with Gasteiger partial charge in [0.15, 0.2) is 11.5 Å². The second kappa shape index (κ2) is 5.76. The number of carbonyl (C=O) groups excluding carboxylic acids is 1. The Hall–Kier alpha value is -2.66. The summed E-state index contributed by atoms with van der Waals surface area (Å²) in [7, 11) is 1.84. The van der Waals surface area contributed by atoms with E-state index in [2.05, 4.69) is 5.32 Å². The molecule has 0 saturated carbocycles. The van der Waals surface area contributed by atoms with Crippen LogP contribution in [0.4, 0.5) is 5.69 Å². The van der Waals surface area contributed by atoms with E-state index in [0.717, 1.165) is 10.9 Å². The van der Waals surface area contributed by atoms with Gasteiger partial charge in [-0.2, -0.15) is 0 Å². The second-order valence-electron chi connectivity index (χ2n) is 5.60. The van der Waals surface area contributed by atoms with Crippen LogP contribution in [0.25, 0.3) is 10.9 Å². The van der Waals surface area contributed by atoms with Crippen LogP contribution in [0.3, 0.4) is 0 Å². The van der Waals surface area contributed by atoms with Crippen molar-refractivity contribution in [2.75, 3.05) is 18.5 Å². The van der Waals surface area contributed by atoms with Gasteiger partial charge in [-0.1, -0.05) is 17.7 Å². The Labute approximate surface area is 143 Å². The molecule has 3 aromatic rings. The van der Waals surface area contributed by atoms with E-state index in [9.17, 15) is 4.79 Å². The highest BCUT2D eigenvalue weighted by Crippen LogP contribution is 2.33. The molecule has 0 bridgehead atoms. The van der Waals surface area contributed by atoms with Gasteiger partial charge in [0.1, 0.15) is 18.9 Å². The number of hydrogen-bond donors (Lipinski definition) is 1. The van der Waals surface area contributed by atoms with Crippen LogP contribution in [0.15, 0.2) is 42.5 Å². The van der Waals surface area contributed by atoms with E-state index in [4.69, 9.17) is 21.1 Å². The van der Waals surface area contributed by atoms with Crippen molar-refractivity contribution in [1.82, 2.24) is 4.57 Å². The first-order valence-electron chi connectivity index (χ1n) is 7.58. The van der Waals surface area contributed by atoms with Gasteiger partial charge in [-0.3, -0.25) is 4.79 Å². The van der Waals surface area contributed by atoms with E-state index < -0.39 is 0 Å². The lowest BCUT2D eigenvalue weighted by atomic mass is 10.2. The Morgan fingerprint density at radius 2 is 1.88 bits per heavy atom. The molecule has 0 spiro atoms. The fraction of sp³-hybridized carbons (Fsp3) is 0.167. The summed E-state index contributed by atoms with van der Waals surface area (Å²) >= 11 is 6.04. The number of aromatic nitrogens is 1. The number of halogens is 1. The molecule has 6 heteroatoms. The van der Waals surface area contributed by atoms with Crippen molar-refractivity contribution >= 4 is 34.1 Å². The van der Waals surface area contributed by atoms with Crippen LogP contribution >= 0.6 is 11.6 Å². The van der Waals surface area contributed by atoms with Gasteiger partial charge in [-0.05, 0) is 30.3 Å². The maximum Gasteiger partial charge on any atom is 0.272 e. The fourth-order valence-electron chi connectivity index (χ4n) is 2.84. The molecule has 0 fully saturated rings. The zero-order chi connectivity index (χ0) is 16.7. The van der Waals surface area contributed by atoms with Crippen molar-refractivity contribution in [1.29, 1.82) is 0 Å². The van der Waals surface area contributed by atoms with E-state index >= 15 is 0 Å². The maximum absolute atomic E-state index is 12.6. The molecule has 4 rings (SSSR count). The molecule has 0 saturated heterocycles. The normalized spacial score (nSPS) is 13.1. The molecule has 0 aliphatic carbocycles. The smallest absolute Gasteiger partial charge is 0.272 e. The number of benzene rings is 2. The molecule has 24 heavy (non-hydrogen) atoms. The zero-order valence-electron chi connectivity index (χ0n) is 13.0. The molecular weight excluding hydrogens is 328 g/mol. The summed E-state index contributed by atoms with van der Waals surface area (Å²) in [6.07, 6.45) is 0. The molecule has 1 aliphatic heterocycles. The highest BCUT2D eigenvalue weighted by atomic mass is 35.5. The Kier molecular flexibility index (Phi) is 3.58. The number of nitrogens with zero attached hydrogens (tertiary/aromatic N) is 1. The van der Waals surface area contributed by atoms with Crippen molar-refractivity contribution in [2.24, 2.45) is 7.05 Å². The molecule has 1 N–H and O–H groups in total. The summed E-state index contributed by atoms with van der Waals surface area (Å²) in [4.78, 5) is 12.6. The first-order valence-corrected chi connectivity index (χ1v) is 7.95. The number of rotatable bonds is 2. The second-order valence-corrected chi connectivity index (χ2v) is 6.04. The Morgan fingerprint density at radius 3 is 2.71 bits per heavy atom. The average molecular weight is 343 g/mol. The van der Waals surface area contributed by atoms with Crippen molar-refractivity contribution in [3.05, 3.63) is 53.2 Å². The summed E-state index contributed by atoms with van der Waals surface area (Å²) in [5, 5.41) is 4.50. The van der Waals surface area contributed by atoms with Crippen molar-refractivity contribution in [3.8, 4) is 11.5 Å². The monoisotopic (exact) mass is 342 g/mol. The van der Waals surface area contributed by atoms with Crippen molar-refractivity contribution in [2.45, 2.75) is 0 Å². The van der Waals surface area contributed by atoms with Gasteiger partial charge in [0.05, 0.1) is 0 Å². The predicted octanol–water partition coefficient (Wildman–Crippen LogP) is 3.86. The molecule has 1 amide bonds. The van der Waals surface area contributed by atoms with Crippen LogP contribution in [-0.2, 0) is 7.05 Å². The van der Waals surface area contributed by atoms with Gasteiger partial charge in [0, 0.05) is 34.7 Å². The van der Waals surface area contributed by atoms with Gasteiger partial charge in [-0.25, -0.2) is 0 Å². The molecule has 0 atom stereocenters. The van der Waals surface area contributed by atoms with E-state index in [0.29, 0.717) is 41.1 Å². The largest absolute Gasteiger partial charge is 0.486 e. The summed E-state index contributed by atoms with van der Waals surface area (Å²) in [6.45, 7) is 1.05. The van der Waals surface area contributed by atoms with Crippen LogP contribution < -0.4 is 14.8 Å². The molecule has 1 aliphatic rings. The molecule has 0 radical (unpaired) electrons. The third-order valence-corrected chi connectivity index (χ3v) is 4.28. The topological polar surface area (TPSA) is 52.5 Å². The minimum Gasteiger partial charge on any atom is -0.486 e. The Balaban J connectivity index is 1.63.